The van der Waals surface area contributed by atoms with Crippen LogP contribution in [0.5, 0.6) is 0 Å². The molecule has 2 N–H and O–H groups in total. The Hall–Kier alpha value is -2.49. The van der Waals surface area contributed by atoms with Gasteiger partial charge in [-0.05, 0) is 32.8 Å². The summed E-state index contributed by atoms with van der Waals surface area (Å²) < 4.78 is 21.9. The van der Waals surface area contributed by atoms with Gasteiger partial charge in [0.05, 0.1) is 5.41 Å². The van der Waals surface area contributed by atoms with Crippen LogP contribution in [-0.4, -0.2) is 58.0 Å². The third kappa shape index (κ3) is 2.20. The van der Waals surface area contributed by atoms with Crippen LogP contribution >= 0.6 is 0 Å². The highest BCUT2D eigenvalue weighted by molar-refractivity contribution is 5.95. The molecule has 9 nitrogen and oxygen atoms in total. The number of allylic oxidation sites excluding steroid dienone is 1. The number of aliphatic hydroxyl groups excluding tert-OH is 1. The van der Waals surface area contributed by atoms with Crippen LogP contribution in [0.25, 0.3) is 0 Å². The van der Waals surface area contributed by atoms with Gasteiger partial charge in [0, 0.05) is 35.6 Å². The number of aliphatic hydroxyl groups is 2. The molecule has 0 saturated carbocycles. The molecule has 0 aromatic carbocycles. The fourth-order valence-corrected chi connectivity index (χ4v) is 5.50. The van der Waals surface area contributed by atoms with E-state index in [1.165, 1.54) is 0 Å². The molecule has 0 unspecified atom stereocenters. The van der Waals surface area contributed by atoms with Crippen LogP contribution in [0.15, 0.2) is 34.4 Å². The molecule has 4 heterocycles. The van der Waals surface area contributed by atoms with E-state index in [1.807, 2.05) is 0 Å². The van der Waals surface area contributed by atoms with Crippen molar-refractivity contribution in [1.82, 2.24) is 0 Å². The second kappa shape index (κ2) is 5.81. The van der Waals surface area contributed by atoms with Gasteiger partial charge in [-0.2, -0.15) is 0 Å². The Labute approximate surface area is 171 Å². The molecule has 3 saturated heterocycles. The lowest BCUT2D eigenvalue weighted by atomic mass is 9.65. The topological polar surface area (TPSA) is 129 Å². The molecule has 5 aliphatic rings. The zero-order valence-corrected chi connectivity index (χ0v) is 16.8. The van der Waals surface area contributed by atoms with E-state index in [4.69, 9.17) is 14.2 Å². The molecular formula is C21H22O9. The van der Waals surface area contributed by atoms with Crippen molar-refractivity contribution in [2.75, 3.05) is 0 Å². The van der Waals surface area contributed by atoms with E-state index in [9.17, 15) is 24.6 Å². The number of hydrogen-bond donors (Lipinski definition) is 2. The molecule has 160 valence electrons. The average Bonchev–Trinajstić information content (AvgIpc) is 3.33. The second-order valence-electron chi connectivity index (χ2n) is 8.77. The van der Waals surface area contributed by atoms with Crippen LogP contribution in [0.1, 0.15) is 40.0 Å². The van der Waals surface area contributed by atoms with E-state index in [0.717, 1.165) is 6.08 Å². The molecule has 3 fully saturated rings. The van der Waals surface area contributed by atoms with E-state index in [1.54, 1.807) is 26.8 Å². The second-order valence-corrected chi connectivity index (χ2v) is 8.77. The highest BCUT2D eigenvalue weighted by atomic mass is 16.7. The maximum absolute atomic E-state index is 12.7. The first-order valence-electron chi connectivity index (χ1n) is 9.87. The molecule has 0 spiro atoms. The summed E-state index contributed by atoms with van der Waals surface area (Å²) in [4.78, 5) is 36.5. The molecule has 0 aromatic heterocycles. The summed E-state index contributed by atoms with van der Waals surface area (Å²) in [5, 5.41) is 21.2. The summed E-state index contributed by atoms with van der Waals surface area (Å²) in [5.74, 6) is -3.43. The third-order valence-electron chi connectivity index (χ3n) is 7.30. The molecule has 6 atom stereocenters. The fraction of sp³-hybridized carbons (Fsp3) is 0.571. The number of esters is 3. The maximum Gasteiger partial charge on any atom is 0.335 e. The summed E-state index contributed by atoms with van der Waals surface area (Å²) in [6.45, 7) is 5.11. The van der Waals surface area contributed by atoms with Crippen molar-refractivity contribution in [3.05, 3.63) is 34.4 Å². The maximum atomic E-state index is 12.7. The molecule has 5 rings (SSSR count). The molecule has 30 heavy (non-hydrogen) atoms. The summed E-state index contributed by atoms with van der Waals surface area (Å²) in [6, 6.07) is 0. The molecule has 1 aliphatic carbocycles. The number of ether oxygens (including phenoxy) is 4. The predicted octanol–water partition coefficient (Wildman–Crippen LogP) is 0.549. The number of carbonyl (C=O) groups excluding carboxylic acids is 3. The fourth-order valence-electron chi connectivity index (χ4n) is 5.50. The van der Waals surface area contributed by atoms with Crippen LogP contribution in [0.3, 0.4) is 0 Å². The molecule has 0 bridgehead atoms. The zero-order chi connectivity index (χ0) is 21.6. The molecular weight excluding hydrogens is 396 g/mol. The van der Waals surface area contributed by atoms with Gasteiger partial charge in [0.1, 0.15) is 17.8 Å². The first kappa shape index (κ1) is 19.5. The highest BCUT2D eigenvalue weighted by Crippen LogP contribution is 2.64. The minimum atomic E-state index is -1.61. The quantitative estimate of drug-likeness (QED) is 0.375. The van der Waals surface area contributed by atoms with Crippen molar-refractivity contribution < 1.29 is 43.5 Å². The van der Waals surface area contributed by atoms with Crippen molar-refractivity contribution in [1.29, 1.82) is 0 Å². The van der Waals surface area contributed by atoms with Gasteiger partial charge in [0.15, 0.2) is 5.79 Å². The SMILES string of the molecule is C/C(=C1\C[C@H](C2=CC(=O)O[C@@H]2O)OC1=O)[C@]1(C)O[C@@]2(O)CCC=C3C(=O)O[C@H]1[C@@]32C. The van der Waals surface area contributed by atoms with Crippen LogP contribution in [-0.2, 0) is 33.3 Å². The summed E-state index contributed by atoms with van der Waals surface area (Å²) in [7, 11) is 0. The van der Waals surface area contributed by atoms with E-state index in [2.05, 4.69) is 4.74 Å². The third-order valence-corrected chi connectivity index (χ3v) is 7.30. The number of rotatable bonds is 2. The molecule has 0 radical (unpaired) electrons. The lowest BCUT2D eigenvalue weighted by Gasteiger charge is -2.38. The minimum Gasteiger partial charge on any atom is -0.454 e. The number of cyclic esters (lactones) is 2. The Bertz CT molecular complexity index is 990. The van der Waals surface area contributed by atoms with E-state index in [0.29, 0.717) is 24.0 Å². The number of hydrogen-bond acceptors (Lipinski definition) is 9. The lowest BCUT2D eigenvalue weighted by Crippen LogP contribution is -2.48. The minimum absolute atomic E-state index is 0.0850. The van der Waals surface area contributed by atoms with Gasteiger partial charge in [-0.15, -0.1) is 0 Å². The summed E-state index contributed by atoms with van der Waals surface area (Å²) >= 11 is 0. The largest absolute Gasteiger partial charge is 0.454 e. The van der Waals surface area contributed by atoms with Crippen LogP contribution in [0, 0.1) is 5.41 Å². The Morgan fingerprint density at radius 1 is 1.13 bits per heavy atom. The Kier molecular flexibility index (Phi) is 3.77. The average molecular weight is 418 g/mol. The smallest absolute Gasteiger partial charge is 0.335 e. The van der Waals surface area contributed by atoms with E-state index < -0.39 is 53.2 Å². The van der Waals surface area contributed by atoms with Gasteiger partial charge in [0.25, 0.3) is 0 Å². The Balaban J connectivity index is 1.54. The molecule has 4 aliphatic heterocycles. The van der Waals surface area contributed by atoms with Gasteiger partial charge in [-0.25, -0.2) is 14.4 Å². The van der Waals surface area contributed by atoms with Crippen LogP contribution < -0.4 is 0 Å². The highest BCUT2D eigenvalue weighted by Gasteiger charge is 2.75. The lowest BCUT2D eigenvalue weighted by molar-refractivity contribution is -0.247. The normalized spacial score (nSPS) is 46.2. The van der Waals surface area contributed by atoms with E-state index in [-0.39, 0.29) is 17.6 Å². The standard InChI is InChI=1S/C21H22O9/c1-9(10-7-13(27-15(10)23)11-8-14(22)28-16(11)24)20(3)18-19(2)12(17(25)29-18)5-4-6-21(19,26)30-20/h5,8,13,16,18,24,26H,4,6-7H2,1-3H3/b10-9-/t13-,16+,18+,19-,20+,21+/m1/s1. The predicted molar refractivity (Wildman–Crippen MR) is 97.1 cm³/mol. The molecule has 9 heteroatoms. The Morgan fingerprint density at radius 2 is 1.87 bits per heavy atom. The Morgan fingerprint density at radius 3 is 2.53 bits per heavy atom. The monoisotopic (exact) mass is 418 g/mol. The van der Waals surface area contributed by atoms with Gasteiger partial charge in [0.2, 0.25) is 6.29 Å². The number of carbonyl (C=O) groups is 3. The van der Waals surface area contributed by atoms with Crippen molar-refractivity contribution in [2.45, 2.75) is 69.9 Å². The van der Waals surface area contributed by atoms with Crippen molar-refractivity contribution in [3.63, 3.8) is 0 Å². The van der Waals surface area contributed by atoms with Crippen LogP contribution in [0.2, 0.25) is 0 Å². The zero-order valence-electron chi connectivity index (χ0n) is 16.8. The van der Waals surface area contributed by atoms with Crippen molar-refractivity contribution in [2.24, 2.45) is 5.41 Å². The van der Waals surface area contributed by atoms with Crippen LogP contribution in [0.4, 0.5) is 0 Å². The van der Waals surface area contributed by atoms with Gasteiger partial charge >= 0.3 is 17.9 Å². The molecule has 0 aromatic rings. The van der Waals surface area contributed by atoms with Gasteiger partial charge in [-0.3, -0.25) is 0 Å². The van der Waals surface area contributed by atoms with Gasteiger partial charge < -0.3 is 29.2 Å². The van der Waals surface area contributed by atoms with Gasteiger partial charge in [-0.1, -0.05) is 6.08 Å². The molecule has 0 amide bonds. The summed E-state index contributed by atoms with van der Waals surface area (Å²) in [5.41, 5.74) is -1.01. The first-order chi connectivity index (χ1) is 14.0. The van der Waals surface area contributed by atoms with E-state index >= 15 is 0 Å². The van der Waals surface area contributed by atoms with Crippen molar-refractivity contribution in [3.8, 4) is 0 Å². The van der Waals surface area contributed by atoms with Crippen molar-refractivity contribution >= 4 is 17.9 Å². The summed E-state index contributed by atoms with van der Waals surface area (Å²) in [6.07, 6.45) is 0.609. The first-order valence-corrected chi connectivity index (χ1v) is 9.87.